The van der Waals surface area contributed by atoms with Crippen LogP contribution in [0.1, 0.15) is 40.5 Å². The van der Waals surface area contributed by atoms with Crippen LogP contribution in [0, 0.1) is 11.8 Å². The average Bonchev–Trinajstić information content (AvgIpc) is 2.18. The van der Waals surface area contributed by atoms with E-state index in [0.29, 0.717) is 38.0 Å². The fourth-order valence-electron chi connectivity index (χ4n) is 0.704. The van der Waals surface area contributed by atoms with Crippen LogP contribution < -0.4 is 0 Å². The molecule has 0 aliphatic heterocycles. The SMILES string of the molecule is CC(C)CCOC=O.CC(C)CCOC=O. The van der Waals surface area contributed by atoms with Crippen molar-refractivity contribution in [3.05, 3.63) is 0 Å². The molecule has 4 nitrogen and oxygen atoms in total. The second kappa shape index (κ2) is 13.9. The first-order valence-corrected chi connectivity index (χ1v) is 5.65. The number of carbonyl (C=O) groups is 2. The number of hydrogen-bond acceptors (Lipinski definition) is 4. The van der Waals surface area contributed by atoms with E-state index in [9.17, 15) is 9.59 Å². The Bertz CT molecular complexity index is 137. The quantitative estimate of drug-likeness (QED) is 0.476. The fraction of sp³-hybridized carbons (Fsp3) is 0.833. The Morgan fingerprint density at radius 1 is 0.812 bits per heavy atom. The van der Waals surface area contributed by atoms with Crippen molar-refractivity contribution in [2.24, 2.45) is 11.8 Å². The maximum Gasteiger partial charge on any atom is 0.293 e. The molecule has 0 spiro atoms. The molecule has 0 aromatic carbocycles. The number of ether oxygens (including phenoxy) is 2. The first-order valence-electron chi connectivity index (χ1n) is 5.65. The molecule has 0 radical (unpaired) electrons. The van der Waals surface area contributed by atoms with Crippen molar-refractivity contribution >= 4 is 12.9 Å². The summed E-state index contributed by atoms with van der Waals surface area (Å²) in [6.45, 7) is 10.5. The standard InChI is InChI=1S/2C6H12O2/c2*1-6(2)3-4-8-5-7/h2*5-6H,3-4H2,1-2H3. The molecule has 0 aliphatic rings. The van der Waals surface area contributed by atoms with Gasteiger partial charge in [0, 0.05) is 0 Å². The minimum absolute atomic E-state index is 0.488. The van der Waals surface area contributed by atoms with Crippen molar-refractivity contribution in [1.82, 2.24) is 0 Å². The van der Waals surface area contributed by atoms with Crippen LogP contribution in [0.15, 0.2) is 0 Å². The summed E-state index contributed by atoms with van der Waals surface area (Å²) < 4.78 is 8.93. The van der Waals surface area contributed by atoms with Crippen LogP contribution in [0.3, 0.4) is 0 Å². The third kappa shape index (κ3) is 23.1. The lowest BCUT2D eigenvalue weighted by Crippen LogP contribution is -1.96. The van der Waals surface area contributed by atoms with Crippen molar-refractivity contribution < 1.29 is 19.1 Å². The molecule has 0 saturated carbocycles. The molecule has 0 rings (SSSR count). The van der Waals surface area contributed by atoms with Gasteiger partial charge in [-0.2, -0.15) is 0 Å². The van der Waals surface area contributed by atoms with Crippen LogP contribution in [0.5, 0.6) is 0 Å². The van der Waals surface area contributed by atoms with Gasteiger partial charge >= 0.3 is 0 Å². The van der Waals surface area contributed by atoms with Gasteiger partial charge in [-0.1, -0.05) is 27.7 Å². The Hall–Kier alpha value is -1.06. The van der Waals surface area contributed by atoms with Gasteiger partial charge in [0.05, 0.1) is 13.2 Å². The molecular weight excluding hydrogens is 208 g/mol. The van der Waals surface area contributed by atoms with Gasteiger partial charge in [-0.15, -0.1) is 0 Å². The van der Waals surface area contributed by atoms with E-state index >= 15 is 0 Å². The van der Waals surface area contributed by atoms with E-state index in [2.05, 4.69) is 37.2 Å². The molecule has 0 aromatic rings. The maximum atomic E-state index is 9.56. The highest BCUT2D eigenvalue weighted by Crippen LogP contribution is 1.97. The molecule has 16 heavy (non-hydrogen) atoms. The Labute approximate surface area is 98.3 Å². The summed E-state index contributed by atoms with van der Waals surface area (Å²) in [6.07, 6.45) is 1.91. The average molecular weight is 232 g/mol. The van der Waals surface area contributed by atoms with Gasteiger partial charge in [0.15, 0.2) is 0 Å². The minimum Gasteiger partial charge on any atom is -0.468 e. The Morgan fingerprint density at radius 2 is 1.12 bits per heavy atom. The first-order chi connectivity index (χ1) is 7.54. The van der Waals surface area contributed by atoms with Gasteiger partial charge < -0.3 is 9.47 Å². The first kappa shape index (κ1) is 17.3. The van der Waals surface area contributed by atoms with Crippen LogP contribution in [-0.2, 0) is 19.1 Å². The number of rotatable bonds is 8. The maximum absolute atomic E-state index is 9.56. The Kier molecular flexibility index (Phi) is 15.1. The van der Waals surface area contributed by atoms with Gasteiger partial charge in [-0.05, 0) is 24.7 Å². The molecule has 0 aliphatic carbocycles. The third-order valence-corrected chi connectivity index (χ3v) is 1.76. The molecule has 0 fully saturated rings. The Morgan fingerprint density at radius 3 is 1.31 bits per heavy atom. The topological polar surface area (TPSA) is 52.6 Å². The second-order valence-electron chi connectivity index (χ2n) is 4.30. The normalized spacial score (nSPS) is 9.38. The molecule has 0 saturated heterocycles. The van der Waals surface area contributed by atoms with Gasteiger partial charge in [0.25, 0.3) is 12.9 Å². The van der Waals surface area contributed by atoms with Gasteiger partial charge in [-0.25, -0.2) is 0 Å². The van der Waals surface area contributed by atoms with E-state index in [4.69, 9.17) is 0 Å². The van der Waals surface area contributed by atoms with E-state index < -0.39 is 0 Å². The Balaban J connectivity index is 0. The summed E-state index contributed by atoms with van der Waals surface area (Å²) in [6, 6.07) is 0. The van der Waals surface area contributed by atoms with Crippen LogP contribution in [0.25, 0.3) is 0 Å². The summed E-state index contributed by atoms with van der Waals surface area (Å²) in [4.78, 5) is 19.1. The van der Waals surface area contributed by atoms with E-state index in [-0.39, 0.29) is 0 Å². The van der Waals surface area contributed by atoms with Crippen molar-refractivity contribution in [1.29, 1.82) is 0 Å². The zero-order valence-electron chi connectivity index (χ0n) is 10.8. The van der Waals surface area contributed by atoms with Gasteiger partial charge in [-0.3, -0.25) is 9.59 Å². The summed E-state index contributed by atoms with van der Waals surface area (Å²) in [5.74, 6) is 1.24. The van der Waals surface area contributed by atoms with Crippen LogP contribution in [0.2, 0.25) is 0 Å². The lowest BCUT2D eigenvalue weighted by Gasteiger charge is -2.00. The van der Waals surface area contributed by atoms with Crippen LogP contribution in [-0.4, -0.2) is 26.2 Å². The molecule has 0 bridgehead atoms. The predicted molar refractivity (Wildman–Crippen MR) is 62.9 cm³/mol. The molecular formula is C12H24O4. The molecule has 4 heteroatoms. The molecule has 0 heterocycles. The molecule has 0 aromatic heterocycles. The molecule has 0 unspecified atom stereocenters. The van der Waals surface area contributed by atoms with E-state index in [0.717, 1.165) is 12.8 Å². The second-order valence-corrected chi connectivity index (χ2v) is 4.30. The van der Waals surface area contributed by atoms with Crippen molar-refractivity contribution in [2.75, 3.05) is 13.2 Å². The summed E-state index contributed by atoms with van der Waals surface area (Å²) in [7, 11) is 0. The predicted octanol–water partition coefficient (Wildman–Crippen LogP) is 2.41. The van der Waals surface area contributed by atoms with Crippen molar-refractivity contribution in [3.63, 3.8) is 0 Å². The monoisotopic (exact) mass is 232 g/mol. The summed E-state index contributed by atoms with van der Waals surface area (Å²) in [5, 5.41) is 0. The lowest BCUT2D eigenvalue weighted by atomic mass is 10.1. The zero-order chi connectivity index (χ0) is 12.8. The van der Waals surface area contributed by atoms with Crippen LogP contribution in [0.4, 0.5) is 0 Å². The number of carbonyl (C=O) groups excluding carboxylic acids is 2. The van der Waals surface area contributed by atoms with E-state index in [1.807, 2.05) is 0 Å². The zero-order valence-corrected chi connectivity index (χ0v) is 10.8. The summed E-state index contributed by atoms with van der Waals surface area (Å²) >= 11 is 0. The lowest BCUT2D eigenvalue weighted by molar-refractivity contribution is -0.129. The minimum atomic E-state index is 0.488. The smallest absolute Gasteiger partial charge is 0.293 e. The van der Waals surface area contributed by atoms with E-state index in [1.165, 1.54) is 0 Å². The third-order valence-electron chi connectivity index (χ3n) is 1.76. The van der Waals surface area contributed by atoms with E-state index in [1.54, 1.807) is 0 Å². The fourth-order valence-corrected chi connectivity index (χ4v) is 0.704. The van der Waals surface area contributed by atoms with Gasteiger partial charge in [0.2, 0.25) is 0 Å². The van der Waals surface area contributed by atoms with Crippen molar-refractivity contribution in [2.45, 2.75) is 40.5 Å². The highest BCUT2D eigenvalue weighted by Gasteiger charge is 1.91. The number of hydrogen-bond donors (Lipinski definition) is 0. The largest absolute Gasteiger partial charge is 0.468 e. The summed E-state index contributed by atoms with van der Waals surface area (Å²) in [5.41, 5.74) is 0. The molecule has 96 valence electrons. The van der Waals surface area contributed by atoms with Crippen molar-refractivity contribution in [3.8, 4) is 0 Å². The highest BCUT2D eigenvalue weighted by atomic mass is 16.5. The molecule has 0 N–H and O–H groups in total. The van der Waals surface area contributed by atoms with Crippen LogP contribution >= 0.6 is 0 Å². The molecule has 0 atom stereocenters. The van der Waals surface area contributed by atoms with Gasteiger partial charge in [0.1, 0.15) is 0 Å². The molecule has 0 amide bonds. The highest BCUT2D eigenvalue weighted by molar-refractivity contribution is 5.36.